The molecule has 3 amide bonds. The molecule has 1 aromatic carbocycles. The van der Waals surface area contributed by atoms with Crippen LogP contribution in [-0.2, 0) is 35.4 Å². The Morgan fingerprint density at radius 2 is 1.63 bits per heavy atom. The van der Waals surface area contributed by atoms with E-state index >= 15 is 0 Å². The molecule has 0 spiro atoms. The summed E-state index contributed by atoms with van der Waals surface area (Å²) in [5.41, 5.74) is 7.48. The van der Waals surface area contributed by atoms with E-state index in [9.17, 15) is 19.2 Å². The number of benzene rings is 1. The Hall–Kier alpha value is -2.94. The van der Waals surface area contributed by atoms with E-state index in [0.717, 1.165) is 5.56 Å². The van der Waals surface area contributed by atoms with Crippen LogP contribution in [0.25, 0.3) is 0 Å². The van der Waals surface area contributed by atoms with Crippen LogP contribution < -0.4 is 16.5 Å². The summed E-state index contributed by atoms with van der Waals surface area (Å²) in [7, 11) is 0. The Morgan fingerprint density at radius 3 is 2.13 bits per heavy atom. The summed E-state index contributed by atoms with van der Waals surface area (Å²) in [6.45, 7) is 8.45. The zero-order chi connectivity index (χ0) is 22.9. The van der Waals surface area contributed by atoms with Gasteiger partial charge in [-0.25, -0.2) is 10.3 Å². The minimum atomic E-state index is -1.30. The number of primary amides is 1. The molecular weight excluding hydrogens is 390 g/mol. The third-order valence-corrected chi connectivity index (χ3v) is 3.90. The molecule has 1 aromatic rings. The van der Waals surface area contributed by atoms with Crippen molar-refractivity contribution in [1.29, 1.82) is 0 Å². The van der Waals surface area contributed by atoms with E-state index < -0.39 is 53.6 Å². The highest BCUT2D eigenvalue weighted by Crippen LogP contribution is 2.14. The van der Waals surface area contributed by atoms with E-state index in [2.05, 4.69) is 10.8 Å². The average Bonchev–Trinajstić information content (AvgIpc) is 2.60. The van der Waals surface area contributed by atoms with Gasteiger partial charge in [-0.2, -0.15) is 0 Å². The maximum absolute atomic E-state index is 12.7. The molecule has 0 saturated heterocycles. The lowest BCUT2D eigenvalue weighted by Gasteiger charge is -2.26. The molecule has 0 aliphatic heterocycles. The van der Waals surface area contributed by atoms with Crippen molar-refractivity contribution >= 4 is 23.7 Å². The Kier molecular flexibility index (Phi) is 9.45. The number of carbonyl (C=O) groups is 4. The van der Waals surface area contributed by atoms with Crippen molar-refractivity contribution in [3.8, 4) is 0 Å². The van der Waals surface area contributed by atoms with Crippen LogP contribution in [0.1, 0.15) is 46.6 Å². The quantitative estimate of drug-likeness (QED) is 0.295. The number of rotatable bonds is 10. The molecule has 2 atom stereocenters. The molecule has 0 radical (unpaired) electrons. The fourth-order valence-corrected chi connectivity index (χ4v) is 2.58. The van der Waals surface area contributed by atoms with E-state index in [4.69, 9.17) is 15.3 Å². The van der Waals surface area contributed by atoms with Crippen LogP contribution in [0.4, 0.5) is 0 Å². The molecule has 166 valence electrons. The Bertz CT molecular complexity index is 743. The summed E-state index contributed by atoms with van der Waals surface area (Å²) < 4.78 is 5.23. The van der Waals surface area contributed by atoms with Crippen molar-refractivity contribution in [2.75, 3.05) is 0 Å². The van der Waals surface area contributed by atoms with Gasteiger partial charge >= 0.3 is 5.97 Å². The van der Waals surface area contributed by atoms with Gasteiger partial charge in [0.1, 0.15) is 17.6 Å². The minimum absolute atomic E-state index is 0.126. The lowest BCUT2D eigenvalue weighted by atomic mass is 9.93. The summed E-state index contributed by atoms with van der Waals surface area (Å²) >= 11 is 0. The van der Waals surface area contributed by atoms with E-state index in [-0.39, 0.29) is 6.61 Å². The van der Waals surface area contributed by atoms with Crippen LogP contribution in [0.5, 0.6) is 0 Å². The molecule has 0 heterocycles. The van der Waals surface area contributed by atoms with Gasteiger partial charge in [0.2, 0.25) is 11.8 Å². The first-order chi connectivity index (χ1) is 13.9. The molecule has 1 rings (SSSR count). The molecule has 0 aliphatic rings. The Morgan fingerprint density at radius 1 is 1.03 bits per heavy atom. The maximum Gasteiger partial charge on any atom is 0.329 e. The number of esters is 1. The van der Waals surface area contributed by atoms with Gasteiger partial charge < -0.3 is 15.8 Å². The van der Waals surface area contributed by atoms with Gasteiger partial charge in [-0.3, -0.25) is 19.2 Å². The van der Waals surface area contributed by atoms with Crippen molar-refractivity contribution in [2.24, 2.45) is 17.6 Å². The van der Waals surface area contributed by atoms with Crippen molar-refractivity contribution in [1.82, 2.24) is 10.8 Å². The molecule has 30 heavy (non-hydrogen) atoms. The maximum atomic E-state index is 12.7. The predicted octanol–water partition coefficient (Wildman–Crippen LogP) is 1.21. The van der Waals surface area contributed by atoms with E-state index in [1.807, 2.05) is 30.3 Å². The Labute approximate surface area is 176 Å². The summed E-state index contributed by atoms with van der Waals surface area (Å²) in [6, 6.07) is 7.88. The number of ether oxygens (including phenoxy) is 1. The molecular formula is C21H31N3O6. The smallest absolute Gasteiger partial charge is 0.329 e. The summed E-state index contributed by atoms with van der Waals surface area (Å²) in [5, 5.41) is 2.41. The van der Waals surface area contributed by atoms with Crippen LogP contribution in [0.15, 0.2) is 30.3 Å². The van der Waals surface area contributed by atoms with E-state index in [0.29, 0.717) is 0 Å². The molecule has 0 aliphatic carbocycles. The van der Waals surface area contributed by atoms with Crippen molar-refractivity contribution in [3.63, 3.8) is 0 Å². The first-order valence-electron chi connectivity index (χ1n) is 9.67. The number of hydrogen-bond donors (Lipinski definition) is 3. The highest BCUT2D eigenvalue weighted by atomic mass is 16.6. The number of nitrogens with two attached hydrogens (primary N) is 1. The number of amides is 3. The van der Waals surface area contributed by atoms with Gasteiger partial charge in [-0.05, 0) is 32.3 Å². The zero-order valence-corrected chi connectivity index (χ0v) is 18.1. The standard InChI is InChI=1S/C21H31N3O6/c1-13(2)17(19(27)24-29-12-14-9-7-6-8-10-14)18(26)23-15(11-16(22)25)20(28)30-21(3,4)5/h6-10,13,15,17H,11-12H2,1-5H3,(H2,22,25)(H,23,26)(H,24,27)/t15-,17?/m0/s1. The van der Waals surface area contributed by atoms with Crippen LogP contribution in [0, 0.1) is 11.8 Å². The molecule has 4 N–H and O–H groups in total. The highest BCUT2D eigenvalue weighted by Gasteiger charge is 2.35. The number of nitrogens with one attached hydrogen (secondary N) is 2. The zero-order valence-electron chi connectivity index (χ0n) is 18.1. The summed E-state index contributed by atoms with van der Waals surface area (Å²) in [5.74, 6) is -4.55. The van der Waals surface area contributed by atoms with Crippen LogP contribution >= 0.6 is 0 Å². The minimum Gasteiger partial charge on any atom is -0.458 e. The third-order valence-electron chi connectivity index (χ3n) is 3.90. The second-order valence-corrected chi connectivity index (χ2v) is 8.23. The van der Waals surface area contributed by atoms with Crippen LogP contribution in [0.3, 0.4) is 0 Å². The fourth-order valence-electron chi connectivity index (χ4n) is 2.58. The molecule has 9 nitrogen and oxygen atoms in total. The van der Waals surface area contributed by atoms with Gasteiger partial charge in [0.15, 0.2) is 0 Å². The average molecular weight is 421 g/mol. The normalized spacial score (nSPS) is 13.3. The largest absolute Gasteiger partial charge is 0.458 e. The van der Waals surface area contributed by atoms with Crippen molar-refractivity contribution in [2.45, 2.75) is 59.3 Å². The second kappa shape index (κ2) is 11.3. The highest BCUT2D eigenvalue weighted by molar-refractivity contribution is 6.01. The fraction of sp³-hybridized carbons (Fsp3) is 0.524. The van der Waals surface area contributed by atoms with E-state index in [1.54, 1.807) is 34.6 Å². The first kappa shape index (κ1) is 25.1. The van der Waals surface area contributed by atoms with E-state index in [1.165, 1.54) is 0 Å². The molecule has 1 unspecified atom stereocenters. The molecule has 0 saturated carbocycles. The first-order valence-corrected chi connectivity index (χ1v) is 9.67. The Balaban J connectivity index is 2.79. The lowest BCUT2D eigenvalue weighted by molar-refractivity contribution is -0.160. The molecule has 0 aromatic heterocycles. The summed E-state index contributed by atoms with van der Waals surface area (Å²) in [4.78, 5) is 54.1. The third kappa shape index (κ3) is 9.04. The SMILES string of the molecule is CC(C)C(C(=O)NOCc1ccccc1)C(=O)N[C@@H](CC(N)=O)C(=O)OC(C)(C)C. The van der Waals surface area contributed by atoms with Gasteiger partial charge in [0.05, 0.1) is 13.0 Å². The predicted molar refractivity (Wildman–Crippen MR) is 109 cm³/mol. The molecule has 9 heteroatoms. The van der Waals surface area contributed by atoms with Gasteiger partial charge in [-0.15, -0.1) is 0 Å². The van der Waals surface area contributed by atoms with Crippen LogP contribution in [-0.4, -0.2) is 35.3 Å². The molecule has 0 bridgehead atoms. The lowest BCUT2D eigenvalue weighted by Crippen LogP contribution is -2.51. The topological polar surface area (TPSA) is 137 Å². The number of hydrogen-bond acceptors (Lipinski definition) is 6. The van der Waals surface area contributed by atoms with Crippen LogP contribution in [0.2, 0.25) is 0 Å². The molecule has 0 fully saturated rings. The van der Waals surface area contributed by atoms with Gasteiger partial charge in [0, 0.05) is 0 Å². The number of hydroxylamine groups is 1. The summed E-state index contributed by atoms with van der Waals surface area (Å²) in [6.07, 6.45) is -0.447. The van der Waals surface area contributed by atoms with Gasteiger partial charge in [0.25, 0.3) is 5.91 Å². The van der Waals surface area contributed by atoms with Crippen molar-refractivity contribution < 1.29 is 28.8 Å². The monoisotopic (exact) mass is 421 g/mol. The van der Waals surface area contributed by atoms with Crippen molar-refractivity contribution in [3.05, 3.63) is 35.9 Å². The number of carbonyl (C=O) groups excluding carboxylic acids is 4. The second-order valence-electron chi connectivity index (χ2n) is 8.23. The van der Waals surface area contributed by atoms with Gasteiger partial charge in [-0.1, -0.05) is 44.2 Å².